The van der Waals surface area contributed by atoms with Crippen LogP contribution in [0.3, 0.4) is 0 Å². The number of rotatable bonds is 6. The maximum absolute atomic E-state index is 5.85. The van der Waals surface area contributed by atoms with Crippen LogP contribution < -0.4 is 10.5 Å². The molecule has 1 aromatic rings. The molecule has 1 aromatic carbocycles. The van der Waals surface area contributed by atoms with Gasteiger partial charge in [-0.15, -0.1) is 0 Å². The molecule has 0 spiro atoms. The monoisotopic (exact) mass is 233 g/mol. The quantitative estimate of drug-likeness (QED) is 0.766. The second kappa shape index (κ2) is 6.45. The normalized spacial score (nSPS) is 12.2. The first-order valence-electron chi connectivity index (χ1n) is 6.17. The minimum Gasteiger partial charge on any atom is -0.489 e. The van der Waals surface area contributed by atoms with Gasteiger partial charge < -0.3 is 10.5 Å². The Morgan fingerprint density at radius 1 is 1.47 bits per heavy atom. The predicted octanol–water partition coefficient (Wildman–Crippen LogP) is 3.23. The van der Waals surface area contributed by atoms with Gasteiger partial charge >= 0.3 is 0 Å². The summed E-state index contributed by atoms with van der Waals surface area (Å²) in [5.41, 5.74) is 9.38. The molecule has 0 aliphatic carbocycles. The van der Waals surface area contributed by atoms with Crippen LogP contribution >= 0.6 is 0 Å². The zero-order valence-electron chi connectivity index (χ0n) is 11.1. The lowest BCUT2D eigenvalue weighted by atomic mass is 10.0. The molecular weight excluding hydrogens is 210 g/mol. The van der Waals surface area contributed by atoms with Crippen molar-refractivity contribution in [3.8, 4) is 5.75 Å². The molecule has 1 rings (SSSR count). The smallest absolute Gasteiger partial charge is 0.123 e. The maximum Gasteiger partial charge on any atom is 0.123 e. The van der Waals surface area contributed by atoms with Crippen LogP contribution in [-0.2, 0) is 6.42 Å². The first-order valence-corrected chi connectivity index (χ1v) is 6.17. The molecule has 0 saturated carbocycles. The Hall–Kier alpha value is -1.28. The topological polar surface area (TPSA) is 35.2 Å². The molecule has 0 bridgehead atoms. The van der Waals surface area contributed by atoms with Gasteiger partial charge in [-0.05, 0) is 43.9 Å². The second-order valence-corrected chi connectivity index (χ2v) is 4.68. The zero-order valence-corrected chi connectivity index (χ0v) is 11.1. The zero-order chi connectivity index (χ0) is 12.8. The molecule has 2 nitrogen and oxygen atoms in total. The lowest BCUT2D eigenvalue weighted by Gasteiger charge is -2.14. The molecule has 0 amide bonds. The van der Waals surface area contributed by atoms with Crippen LogP contribution in [0.2, 0.25) is 0 Å². The van der Waals surface area contributed by atoms with E-state index in [1.54, 1.807) is 0 Å². The Morgan fingerprint density at radius 2 is 2.18 bits per heavy atom. The number of benzene rings is 1. The molecule has 0 fully saturated rings. The molecule has 94 valence electrons. The van der Waals surface area contributed by atoms with Gasteiger partial charge in [-0.1, -0.05) is 31.2 Å². The third kappa shape index (κ3) is 4.61. The molecule has 2 heteroatoms. The van der Waals surface area contributed by atoms with Gasteiger partial charge in [-0.3, -0.25) is 0 Å². The first-order chi connectivity index (χ1) is 8.02. The highest BCUT2D eigenvalue weighted by Gasteiger charge is 2.07. The van der Waals surface area contributed by atoms with Gasteiger partial charge in [0, 0.05) is 6.04 Å². The van der Waals surface area contributed by atoms with E-state index in [4.69, 9.17) is 10.5 Å². The lowest BCUT2D eigenvalue weighted by molar-refractivity contribution is 0.344. The van der Waals surface area contributed by atoms with E-state index in [1.807, 2.05) is 13.0 Å². The highest BCUT2D eigenvalue weighted by atomic mass is 16.5. The van der Waals surface area contributed by atoms with E-state index in [0.29, 0.717) is 6.61 Å². The lowest BCUT2D eigenvalue weighted by Crippen LogP contribution is -2.18. The van der Waals surface area contributed by atoms with E-state index >= 15 is 0 Å². The largest absolute Gasteiger partial charge is 0.489 e. The van der Waals surface area contributed by atoms with E-state index in [2.05, 4.69) is 32.6 Å². The molecule has 0 aromatic heterocycles. The van der Waals surface area contributed by atoms with Crippen LogP contribution in [0.5, 0.6) is 5.75 Å². The molecular formula is C15H23NO. The summed E-state index contributed by atoms with van der Waals surface area (Å²) in [6, 6.07) is 6.38. The van der Waals surface area contributed by atoms with Gasteiger partial charge in [0.2, 0.25) is 0 Å². The summed E-state index contributed by atoms with van der Waals surface area (Å²) in [5.74, 6) is 0.933. The summed E-state index contributed by atoms with van der Waals surface area (Å²) >= 11 is 0. The minimum atomic E-state index is 0.147. The van der Waals surface area contributed by atoms with Crippen LogP contribution in [0.15, 0.2) is 30.4 Å². The van der Waals surface area contributed by atoms with Gasteiger partial charge in [-0.25, -0.2) is 0 Å². The van der Waals surface area contributed by atoms with Crippen molar-refractivity contribution < 1.29 is 4.74 Å². The third-order valence-corrected chi connectivity index (χ3v) is 2.69. The minimum absolute atomic E-state index is 0.147. The maximum atomic E-state index is 5.85. The van der Waals surface area contributed by atoms with Crippen molar-refractivity contribution in [2.24, 2.45) is 5.73 Å². The van der Waals surface area contributed by atoms with Gasteiger partial charge in [0.1, 0.15) is 12.4 Å². The standard InChI is InChI=1S/C15H23NO/c1-5-11(2)10-17-15-7-6-12(3)8-14(15)9-13(4)16/h6-8,13H,2,5,9-10,16H2,1,3-4H3. The second-order valence-electron chi connectivity index (χ2n) is 4.68. The fraction of sp³-hybridized carbons (Fsp3) is 0.467. The van der Waals surface area contributed by atoms with Crippen molar-refractivity contribution in [1.82, 2.24) is 0 Å². The molecule has 1 atom stereocenters. The fourth-order valence-corrected chi connectivity index (χ4v) is 1.64. The molecule has 0 aliphatic heterocycles. The summed E-state index contributed by atoms with van der Waals surface area (Å²) in [5, 5.41) is 0. The van der Waals surface area contributed by atoms with Crippen LogP contribution in [-0.4, -0.2) is 12.6 Å². The molecule has 0 heterocycles. The SMILES string of the molecule is C=C(CC)COc1ccc(C)cc1CC(C)N. The van der Waals surface area contributed by atoms with E-state index in [9.17, 15) is 0 Å². The summed E-state index contributed by atoms with van der Waals surface area (Å²) in [7, 11) is 0. The average molecular weight is 233 g/mol. The van der Waals surface area contributed by atoms with Crippen molar-refractivity contribution >= 4 is 0 Å². The highest BCUT2D eigenvalue weighted by molar-refractivity contribution is 5.37. The van der Waals surface area contributed by atoms with Crippen molar-refractivity contribution in [2.45, 2.75) is 39.7 Å². The van der Waals surface area contributed by atoms with E-state index in [1.165, 1.54) is 11.1 Å². The van der Waals surface area contributed by atoms with Crippen molar-refractivity contribution in [1.29, 1.82) is 0 Å². The number of nitrogens with two attached hydrogens (primary N) is 1. The molecule has 0 saturated heterocycles. The molecule has 0 radical (unpaired) electrons. The summed E-state index contributed by atoms with van der Waals surface area (Å²) in [6.45, 7) is 10.7. The Bertz CT molecular complexity index is 383. The fourth-order valence-electron chi connectivity index (χ4n) is 1.64. The number of hydrogen-bond donors (Lipinski definition) is 1. The van der Waals surface area contributed by atoms with Gasteiger partial charge in [-0.2, -0.15) is 0 Å². The number of aryl methyl sites for hydroxylation is 1. The van der Waals surface area contributed by atoms with E-state index in [-0.39, 0.29) is 6.04 Å². The molecule has 17 heavy (non-hydrogen) atoms. The van der Waals surface area contributed by atoms with E-state index in [0.717, 1.165) is 24.2 Å². The van der Waals surface area contributed by atoms with Crippen LogP contribution in [0.1, 0.15) is 31.4 Å². The predicted molar refractivity (Wildman–Crippen MR) is 73.5 cm³/mol. The Balaban J connectivity index is 2.78. The van der Waals surface area contributed by atoms with Gasteiger partial charge in [0.05, 0.1) is 0 Å². The Labute approximate surface area is 104 Å². The van der Waals surface area contributed by atoms with Crippen LogP contribution in [0, 0.1) is 6.92 Å². The van der Waals surface area contributed by atoms with Gasteiger partial charge in [0.15, 0.2) is 0 Å². The number of ether oxygens (including phenoxy) is 1. The molecule has 0 aliphatic rings. The van der Waals surface area contributed by atoms with Crippen molar-refractivity contribution in [2.75, 3.05) is 6.61 Å². The van der Waals surface area contributed by atoms with Crippen LogP contribution in [0.4, 0.5) is 0 Å². The average Bonchev–Trinajstić information content (AvgIpc) is 2.26. The molecule has 1 unspecified atom stereocenters. The van der Waals surface area contributed by atoms with Crippen molar-refractivity contribution in [3.05, 3.63) is 41.5 Å². The number of hydrogen-bond acceptors (Lipinski definition) is 2. The first kappa shape index (κ1) is 13.8. The highest BCUT2D eigenvalue weighted by Crippen LogP contribution is 2.22. The molecule has 2 N–H and O–H groups in total. The third-order valence-electron chi connectivity index (χ3n) is 2.69. The van der Waals surface area contributed by atoms with Crippen molar-refractivity contribution in [3.63, 3.8) is 0 Å². The van der Waals surface area contributed by atoms with Crippen LogP contribution in [0.25, 0.3) is 0 Å². The Morgan fingerprint density at radius 3 is 2.76 bits per heavy atom. The summed E-state index contributed by atoms with van der Waals surface area (Å²) < 4.78 is 5.79. The summed E-state index contributed by atoms with van der Waals surface area (Å²) in [6.07, 6.45) is 1.80. The van der Waals surface area contributed by atoms with E-state index < -0.39 is 0 Å². The summed E-state index contributed by atoms with van der Waals surface area (Å²) in [4.78, 5) is 0. The van der Waals surface area contributed by atoms with Gasteiger partial charge in [0.25, 0.3) is 0 Å². The Kier molecular flexibility index (Phi) is 5.23.